The van der Waals surface area contributed by atoms with Crippen molar-refractivity contribution in [1.82, 2.24) is 0 Å². The molecule has 0 bridgehead atoms. The molecule has 0 unspecified atom stereocenters. The summed E-state index contributed by atoms with van der Waals surface area (Å²) in [6, 6.07) is 8.67. The van der Waals surface area contributed by atoms with Crippen LogP contribution < -0.4 is 5.19 Å². The molecule has 1 rings (SSSR count). The smallest absolute Gasteiger partial charge is 0.0384 e. The predicted molar refractivity (Wildman–Crippen MR) is 36.0 cm³/mol. The summed E-state index contributed by atoms with van der Waals surface area (Å²) in [5.41, 5.74) is 0. The zero-order valence-electron chi connectivity index (χ0n) is 6.89. The van der Waals surface area contributed by atoms with Crippen molar-refractivity contribution < 1.29 is 0 Å². The van der Waals surface area contributed by atoms with Crippen molar-refractivity contribution in [3.05, 3.63) is 30.3 Å². The van der Waals surface area contributed by atoms with Crippen molar-refractivity contribution >= 4 is 15.2 Å². The molecule has 0 nitrogen and oxygen atoms in total. The quantitative estimate of drug-likeness (QED) is 0.439. The van der Waals surface area contributed by atoms with E-state index in [1.165, 1.54) is 0 Å². The average Bonchev–Trinajstić information content (AvgIpc) is 1.88. The minimum absolute atomic E-state index is 0.537. The van der Waals surface area contributed by atoms with E-state index in [1.807, 2.05) is 6.07 Å². The van der Waals surface area contributed by atoms with Crippen molar-refractivity contribution in [2.75, 3.05) is 0 Å². The van der Waals surface area contributed by atoms with Crippen molar-refractivity contribution in [3.8, 4) is 0 Å². The van der Waals surface area contributed by atoms with Crippen LogP contribution in [0.2, 0.25) is 0 Å². The molecule has 0 fully saturated rings. The molecule has 0 saturated heterocycles. The molecule has 0 spiro atoms. The molecule has 0 aromatic heterocycles. The Balaban J connectivity index is 2.97. The fourth-order valence-electron chi connectivity index (χ4n) is 0.438. The lowest BCUT2D eigenvalue weighted by atomic mass is 10.4. The summed E-state index contributed by atoms with van der Waals surface area (Å²) in [6.07, 6.45) is 0. The number of rotatable bonds is 1. The van der Waals surface area contributed by atoms with E-state index in [0.717, 1.165) is 0 Å². The van der Waals surface area contributed by atoms with Crippen LogP contribution in [0, 0.1) is 0 Å². The van der Waals surface area contributed by atoms with Gasteiger partial charge in [-0.15, -0.1) is 0 Å². The minimum Gasteiger partial charge on any atom is -0.0708 e. The average molecular weight is 114 g/mol. The third-order valence-electron chi connectivity index (χ3n) is 0.774. The Labute approximate surface area is 50.3 Å². The molecular formula is C6H8Si. The summed E-state index contributed by atoms with van der Waals surface area (Å²) in [5, 5.41) is 0.537. The molecule has 1 heteroatoms. The molecule has 36 valence electrons. The fraction of sp³-hybridized carbons (Fsp3) is 0. The maximum Gasteiger partial charge on any atom is 0.0384 e. The standard InChI is InChI=1S/C6H8Si/c7-6-4-2-1-3-5-6/h1-5H,7H3/i7T3. The first-order chi connectivity index (χ1) is 4.61. The molecule has 0 saturated carbocycles. The van der Waals surface area contributed by atoms with Gasteiger partial charge in [-0.3, -0.25) is 0 Å². The van der Waals surface area contributed by atoms with Gasteiger partial charge in [0.25, 0.3) is 0 Å². The van der Waals surface area contributed by atoms with Crippen LogP contribution in [0.3, 0.4) is 0 Å². The van der Waals surface area contributed by atoms with Gasteiger partial charge in [0.15, 0.2) is 0 Å². The van der Waals surface area contributed by atoms with Gasteiger partial charge in [0, 0.05) is 13.7 Å². The van der Waals surface area contributed by atoms with Gasteiger partial charge in [0.05, 0.1) is 0 Å². The van der Waals surface area contributed by atoms with Crippen molar-refractivity contribution in [2.45, 2.75) is 0 Å². The Morgan fingerprint density at radius 2 is 2.00 bits per heavy atom. The van der Waals surface area contributed by atoms with Gasteiger partial charge in [-0.25, -0.2) is 0 Å². The van der Waals surface area contributed by atoms with Gasteiger partial charge in [-0.2, -0.15) is 0 Å². The molecule has 0 amide bonds. The summed E-state index contributed by atoms with van der Waals surface area (Å²) < 4.78 is 21.4. The van der Waals surface area contributed by atoms with Crippen LogP contribution in [0.1, 0.15) is 0 Å². The maximum absolute atomic E-state index is 7.15. The van der Waals surface area contributed by atoms with Crippen LogP contribution in [-0.4, -0.2) is 13.7 Å². The first-order valence-electron chi connectivity index (χ1n) is 3.66. The van der Waals surface area contributed by atoms with Crippen LogP contribution in [0.5, 0.6) is 0 Å². The summed E-state index contributed by atoms with van der Waals surface area (Å²) in [6.45, 7) is 0. The first-order valence-corrected chi connectivity index (χ1v) is 2.66. The zero-order valence-corrected chi connectivity index (χ0v) is 4.89. The number of hydrogen-bond donors (Lipinski definition) is 0. The van der Waals surface area contributed by atoms with Crippen LogP contribution in [0.25, 0.3) is 0 Å². The third-order valence-corrected chi connectivity index (χ3v) is 1.11. The van der Waals surface area contributed by atoms with E-state index in [9.17, 15) is 0 Å². The SMILES string of the molecule is [3H][Si]([3H])([3H])c1ccccc1. The van der Waals surface area contributed by atoms with E-state index >= 15 is 0 Å². The Bertz CT molecular complexity index is 204. The topological polar surface area (TPSA) is 0 Å². The molecule has 0 aliphatic carbocycles. The van der Waals surface area contributed by atoms with Gasteiger partial charge < -0.3 is 0 Å². The molecule has 0 heterocycles. The van der Waals surface area contributed by atoms with Crippen molar-refractivity contribution in [2.24, 2.45) is 0 Å². The van der Waals surface area contributed by atoms with Crippen LogP contribution in [0.4, 0.5) is 0 Å². The highest BCUT2D eigenvalue weighted by Crippen LogP contribution is 1.76. The van der Waals surface area contributed by atoms with E-state index in [4.69, 9.17) is 3.70 Å². The second-order valence-electron chi connectivity index (χ2n) is 1.37. The van der Waals surface area contributed by atoms with Crippen LogP contribution >= 0.6 is 0 Å². The molecule has 1 aromatic rings. The zero-order chi connectivity index (χ0) is 7.61. The molecule has 1 aromatic carbocycles. The molecule has 0 atom stereocenters. The lowest BCUT2D eigenvalue weighted by Crippen LogP contribution is -1.97. The first kappa shape index (κ1) is 2.14. The second-order valence-corrected chi connectivity index (χ2v) is 1.94. The Hall–Kier alpha value is -0.563. The Morgan fingerprint density at radius 1 is 1.29 bits per heavy atom. The highest BCUT2D eigenvalue weighted by atomic mass is 28.1. The largest absolute Gasteiger partial charge is 0.0708 e. The molecule has 0 aliphatic heterocycles. The van der Waals surface area contributed by atoms with Crippen LogP contribution in [0.15, 0.2) is 30.3 Å². The van der Waals surface area contributed by atoms with Gasteiger partial charge in [0.2, 0.25) is 0 Å². The molecule has 0 N–H and O–H groups in total. The molecule has 7 heavy (non-hydrogen) atoms. The highest BCUT2D eigenvalue weighted by molar-refractivity contribution is 6.32. The van der Waals surface area contributed by atoms with Gasteiger partial charge in [-0.05, 0) is 0 Å². The minimum atomic E-state index is -3.28. The van der Waals surface area contributed by atoms with E-state index in [0.29, 0.717) is 5.19 Å². The van der Waals surface area contributed by atoms with Crippen LogP contribution in [-0.2, 0) is 0 Å². The Kier molecular flexibility index (Phi) is 0.591. The van der Waals surface area contributed by atoms with E-state index in [1.54, 1.807) is 24.3 Å². The highest BCUT2D eigenvalue weighted by Gasteiger charge is 1.72. The summed E-state index contributed by atoms with van der Waals surface area (Å²) >= 11 is 0. The monoisotopic (exact) mass is 114 g/mol. The normalized spacial score (nSPS) is 16.9. The van der Waals surface area contributed by atoms with Crippen molar-refractivity contribution in [1.29, 1.82) is 3.70 Å². The van der Waals surface area contributed by atoms with Crippen molar-refractivity contribution in [3.63, 3.8) is 0 Å². The Morgan fingerprint density at radius 3 is 2.43 bits per heavy atom. The lowest BCUT2D eigenvalue weighted by Gasteiger charge is -1.82. The fourth-order valence-corrected chi connectivity index (χ4v) is 0.631. The van der Waals surface area contributed by atoms with Gasteiger partial charge in [0.1, 0.15) is 0 Å². The third kappa shape index (κ3) is 1.16. The molecular weight excluding hydrogens is 100 g/mol. The predicted octanol–water partition coefficient (Wildman–Crippen LogP) is -0.323. The number of benzene rings is 1. The molecule has 0 aliphatic rings. The van der Waals surface area contributed by atoms with E-state index < -0.39 is 10.0 Å². The van der Waals surface area contributed by atoms with E-state index in [2.05, 4.69) is 0 Å². The summed E-state index contributed by atoms with van der Waals surface area (Å²) in [7, 11) is -3.28. The second kappa shape index (κ2) is 1.94. The summed E-state index contributed by atoms with van der Waals surface area (Å²) in [4.78, 5) is 0. The van der Waals surface area contributed by atoms with Gasteiger partial charge in [-0.1, -0.05) is 35.5 Å². The van der Waals surface area contributed by atoms with E-state index in [-0.39, 0.29) is 0 Å². The summed E-state index contributed by atoms with van der Waals surface area (Å²) in [5.74, 6) is 0. The maximum atomic E-state index is 7.15. The van der Waals surface area contributed by atoms with Gasteiger partial charge >= 0.3 is 0 Å². The molecule has 0 radical (unpaired) electrons. The lowest BCUT2D eigenvalue weighted by molar-refractivity contribution is 1.78. The number of hydrogen-bond acceptors (Lipinski definition) is 0.